The van der Waals surface area contributed by atoms with E-state index in [9.17, 15) is 14.4 Å². The van der Waals surface area contributed by atoms with Crippen molar-refractivity contribution in [3.05, 3.63) is 54.1 Å². The van der Waals surface area contributed by atoms with Gasteiger partial charge in [0.1, 0.15) is 11.8 Å². The molecule has 0 spiro atoms. The summed E-state index contributed by atoms with van der Waals surface area (Å²) in [5.74, 6) is -0.524. The monoisotopic (exact) mass is 423 g/mol. The zero-order valence-electron chi connectivity index (χ0n) is 17.8. The van der Waals surface area contributed by atoms with Crippen LogP contribution in [0, 0.1) is 0 Å². The van der Waals surface area contributed by atoms with Crippen LogP contribution in [0.1, 0.15) is 32.3 Å². The van der Waals surface area contributed by atoms with E-state index in [1.165, 1.54) is 0 Å². The molecule has 6 N–H and O–H groups in total. The first-order valence-corrected chi connectivity index (χ1v) is 10.3. The Balaban J connectivity index is 1.83. The summed E-state index contributed by atoms with van der Waals surface area (Å²) in [5.41, 5.74) is 13.4. The van der Waals surface area contributed by atoms with Crippen molar-refractivity contribution in [1.29, 1.82) is 0 Å². The summed E-state index contributed by atoms with van der Waals surface area (Å²) in [6, 6.07) is 13.5. The molecule has 2 aromatic carbocycles. The molecular weight excluding hydrogens is 394 g/mol. The molecule has 8 heteroatoms. The number of carbonyl (C=O) groups excluding carboxylic acids is 3. The van der Waals surface area contributed by atoms with E-state index in [1.54, 1.807) is 38.1 Å². The highest BCUT2D eigenvalue weighted by atomic mass is 16.2. The minimum Gasteiger partial charge on any atom is -0.355 e. The third kappa shape index (κ3) is 4.76. The van der Waals surface area contributed by atoms with Gasteiger partial charge in [0.25, 0.3) is 0 Å². The lowest BCUT2D eigenvalue weighted by Gasteiger charge is -2.36. The van der Waals surface area contributed by atoms with Crippen LogP contribution >= 0.6 is 0 Å². The summed E-state index contributed by atoms with van der Waals surface area (Å²) in [7, 11) is 0. The van der Waals surface area contributed by atoms with Crippen molar-refractivity contribution in [3.8, 4) is 0 Å². The highest BCUT2D eigenvalue weighted by Gasteiger charge is 2.42. The molecular formula is C23H29N5O3. The number of amides is 2. The Labute approximate surface area is 182 Å². The average Bonchev–Trinajstić information content (AvgIpc) is 3.20. The van der Waals surface area contributed by atoms with E-state index in [0.29, 0.717) is 17.8 Å². The number of nitrogens with zero attached hydrogens (tertiary/aromatic N) is 1. The number of hydrogen-bond acceptors (Lipinski definition) is 6. The predicted octanol–water partition coefficient (Wildman–Crippen LogP) is 1.95. The fourth-order valence-electron chi connectivity index (χ4n) is 3.77. The van der Waals surface area contributed by atoms with Crippen LogP contribution in [0.15, 0.2) is 48.5 Å². The van der Waals surface area contributed by atoms with Crippen LogP contribution in [0.3, 0.4) is 0 Å². The van der Waals surface area contributed by atoms with Crippen molar-refractivity contribution >= 4 is 35.2 Å². The van der Waals surface area contributed by atoms with Crippen LogP contribution < -0.4 is 27.0 Å². The molecule has 2 unspecified atom stereocenters. The molecule has 1 aliphatic rings. The summed E-state index contributed by atoms with van der Waals surface area (Å²) in [6.45, 7) is 3.97. The van der Waals surface area contributed by atoms with E-state index in [1.807, 2.05) is 24.3 Å². The second-order valence-corrected chi connectivity index (χ2v) is 7.98. The molecule has 3 rings (SSSR count). The Morgan fingerprint density at radius 3 is 1.87 bits per heavy atom. The van der Waals surface area contributed by atoms with Crippen LogP contribution in [0.25, 0.3) is 0 Å². The van der Waals surface area contributed by atoms with Crippen LogP contribution in [0.4, 0.5) is 17.1 Å². The Bertz CT molecular complexity index is 941. The zero-order chi connectivity index (χ0) is 22.6. The molecule has 0 aromatic heterocycles. The highest BCUT2D eigenvalue weighted by molar-refractivity contribution is 5.95. The summed E-state index contributed by atoms with van der Waals surface area (Å²) in [5, 5.41) is 5.51. The molecule has 2 aromatic rings. The maximum Gasteiger partial charge on any atom is 0.240 e. The molecule has 0 saturated carbocycles. The van der Waals surface area contributed by atoms with Gasteiger partial charge in [-0.15, -0.1) is 0 Å². The van der Waals surface area contributed by atoms with E-state index in [0.717, 1.165) is 30.5 Å². The fourth-order valence-corrected chi connectivity index (χ4v) is 3.77. The molecule has 0 aliphatic carbocycles. The van der Waals surface area contributed by atoms with Crippen LogP contribution in [-0.2, 0) is 19.9 Å². The third-order valence-corrected chi connectivity index (χ3v) is 5.54. The molecule has 0 radical (unpaired) electrons. The van der Waals surface area contributed by atoms with E-state index >= 15 is 0 Å². The predicted molar refractivity (Wildman–Crippen MR) is 122 cm³/mol. The maximum atomic E-state index is 12.4. The topological polar surface area (TPSA) is 131 Å². The SMILES string of the molecule is CC(N)C(=O)Nc1ccc(N2CCC[C@@]2(C=O)c2ccc(NC(=O)C(C)N)cc2)cc1. The minimum atomic E-state index is -0.791. The van der Waals surface area contributed by atoms with Crippen LogP contribution in [-0.4, -0.2) is 36.7 Å². The zero-order valence-corrected chi connectivity index (χ0v) is 17.8. The summed E-state index contributed by atoms with van der Waals surface area (Å²) in [6.07, 6.45) is 2.54. The van der Waals surface area contributed by atoms with Gasteiger partial charge in [-0.3, -0.25) is 9.59 Å². The largest absolute Gasteiger partial charge is 0.355 e. The van der Waals surface area contributed by atoms with Gasteiger partial charge < -0.3 is 31.8 Å². The van der Waals surface area contributed by atoms with E-state index in [4.69, 9.17) is 11.5 Å². The number of anilines is 3. The molecule has 1 saturated heterocycles. The number of hydrogen-bond donors (Lipinski definition) is 4. The second-order valence-electron chi connectivity index (χ2n) is 7.98. The molecule has 3 atom stereocenters. The van der Waals surface area contributed by atoms with Gasteiger partial charge in [0.15, 0.2) is 0 Å². The van der Waals surface area contributed by atoms with Gasteiger partial charge in [0, 0.05) is 23.6 Å². The van der Waals surface area contributed by atoms with Crippen molar-refractivity contribution in [2.24, 2.45) is 11.5 Å². The van der Waals surface area contributed by atoms with Gasteiger partial charge >= 0.3 is 0 Å². The molecule has 1 aliphatic heterocycles. The van der Waals surface area contributed by atoms with Crippen molar-refractivity contribution < 1.29 is 14.4 Å². The van der Waals surface area contributed by atoms with Crippen molar-refractivity contribution in [1.82, 2.24) is 0 Å². The number of carbonyl (C=O) groups is 3. The molecule has 0 bridgehead atoms. The summed E-state index contributed by atoms with van der Waals surface area (Å²) in [4.78, 5) is 38.0. The lowest BCUT2D eigenvalue weighted by molar-refractivity contribution is -0.117. The lowest BCUT2D eigenvalue weighted by Crippen LogP contribution is -2.43. The van der Waals surface area contributed by atoms with Crippen molar-refractivity contribution in [2.75, 3.05) is 22.1 Å². The maximum absolute atomic E-state index is 12.4. The molecule has 8 nitrogen and oxygen atoms in total. The Kier molecular flexibility index (Phi) is 6.72. The third-order valence-electron chi connectivity index (χ3n) is 5.54. The van der Waals surface area contributed by atoms with Gasteiger partial charge in [-0.25, -0.2) is 0 Å². The standard InChI is InChI=1S/C23H29N5O3/c1-15(24)21(30)26-18-6-4-17(5-7-18)23(14-29)12-3-13-28(23)20-10-8-19(9-11-20)27-22(31)16(2)25/h4-11,14-16H,3,12-13,24-25H2,1-2H3,(H,26,30)(H,27,31)/t15?,16?,23-/m1/s1. The number of nitrogens with one attached hydrogen (secondary N) is 2. The van der Waals surface area contributed by atoms with Gasteiger partial charge in [0.05, 0.1) is 12.1 Å². The Morgan fingerprint density at radius 2 is 1.42 bits per heavy atom. The van der Waals surface area contributed by atoms with Crippen LogP contribution in [0.2, 0.25) is 0 Å². The second kappa shape index (κ2) is 9.28. The smallest absolute Gasteiger partial charge is 0.240 e. The summed E-state index contributed by atoms with van der Waals surface area (Å²) < 4.78 is 0. The van der Waals surface area contributed by atoms with Gasteiger partial charge in [-0.1, -0.05) is 12.1 Å². The Hall–Kier alpha value is -3.23. The number of nitrogens with two attached hydrogens (primary N) is 2. The van der Waals surface area contributed by atoms with E-state index < -0.39 is 17.6 Å². The number of rotatable bonds is 7. The Morgan fingerprint density at radius 1 is 0.935 bits per heavy atom. The summed E-state index contributed by atoms with van der Waals surface area (Å²) >= 11 is 0. The quantitative estimate of drug-likeness (QED) is 0.504. The minimum absolute atomic E-state index is 0.257. The number of aldehydes is 1. The molecule has 31 heavy (non-hydrogen) atoms. The highest BCUT2D eigenvalue weighted by Crippen LogP contribution is 2.41. The van der Waals surface area contributed by atoms with Crippen molar-refractivity contribution in [3.63, 3.8) is 0 Å². The number of benzene rings is 2. The molecule has 2 amide bonds. The lowest BCUT2D eigenvalue weighted by atomic mass is 9.88. The van der Waals surface area contributed by atoms with E-state index in [2.05, 4.69) is 15.5 Å². The first-order chi connectivity index (χ1) is 14.8. The van der Waals surface area contributed by atoms with Crippen molar-refractivity contribution in [2.45, 2.75) is 44.3 Å². The van der Waals surface area contributed by atoms with E-state index in [-0.39, 0.29) is 11.8 Å². The molecule has 1 heterocycles. The molecule has 1 fully saturated rings. The van der Waals surface area contributed by atoms with Crippen LogP contribution in [0.5, 0.6) is 0 Å². The normalized spacial score (nSPS) is 20.1. The van der Waals surface area contributed by atoms with Gasteiger partial charge in [-0.05, 0) is 68.7 Å². The average molecular weight is 424 g/mol. The fraction of sp³-hybridized carbons (Fsp3) is 0.348. The molecule has 164 valence electrons. The first kappa shape index (κ1) is 22.5. The van der Waals surface area contributed by atoms with Gasteiger partial charge in [0.2, 0.25) is 11.8 Å². The van der Waals surface area contributed by atoms with Gasteiger partial charge in [-0.2, -0.15) is 0 Å². The first-order valence-electron chi connectivity index (χ1n) is 10.3.